The Morgan fingerprint density at radius 2 is 1.80 bits per heavy atom. The van der Waals surface area contributed by atoms with Gasteiger partial charge in [0.1, 0.15) is 11.4 Å². The maximum absolute atomic E-state index is 14.6. The number of hydrogen-bond acceptors (Lipinski definition) is 6. The van der Waals surface area contributed by atoms with Crippen LogP contribution in [-0.4, -0.2) is 53.8 Å². The van der Waals surface area contributed by atoms with Crippen molar-refractivity contribution in [3.8, 4) is 0 Å². The van der Waals surface area contributed by atoms with Crippen LogP contribution < -0.4 is 5.73 Å². The third-order valence-electron chi connectivity index (χ3n) is 7.01. The van der Waals surface area contributed by atoms with Crippen molar-refractivity contribution in [3.05, 3.63) is 70.5 Å². The van der Waals surface area contributed by atoms with Crippen molar-refractivity contribution < 1.29 is 27.4 Å². The molecule has 220 valence electrons. The molecule has 0 unspecified atom stereocenters. The molecule has 0 aromatic heterocycles. The average Bonchev–Trinajstić information content (AvgIpc) is 2.81. The van der Waals surface area contributed by atoms with Gasteiger partial charge in [-0.2, -0.15) is 0 Å². The molecular formula is C31H43FN2O5S. The van der Waals surface area contributed by atoms with E-state index >= 15 is 0 Å². The lowest BCUT2D eigenvalue weighted by atomic mass is 9.86. The average molecular weight is 575 g/mol. The number of nitrogens with zero attached hydrogens (tertiary/aromatic N) is 1. The zero-order valence-electron chi connectivity index (χ0n) is 24.6. The van der Waals surface area contributed by atoms with E-state index in [-0.39, 0.29) is 29.8 Å². The summed E-state index contributed by atoms with van der Waals surface area (Å²) in [5.41, 5.74) is 7.76. The Morgan fingerprint density at radius 3 is 2.40 bits per heavy atom. The number of rotatable bonds is 6. The summed E-state index contributed by atoms with van der Waals surface area (Å²) < 4.78 is 46.6. The molecule has 0 spiro atoms. The predicted octanol–water partition coefficient (Wildman–Crippen LogP) is 5.49. The van der Waals surface area contributed by atoms with Gasteiger partial charge in [0.25, 0.3) is 0 Å². The van der Waals surface area contributed by atoms with Gasteiger partial charge in [-0.15, -0.1) is 0 Å². The molecule has 9 heteroatoms. The van der Waals surface area contributed by atoms with Crippen LogP contribution in [0.2, 0.25) is 0 Å². The molecule has 7 nitrogen and oxygen atoms in total. The second-order valence-corrected chi connectivity index (χ2v) is 14.9. The molecule has 2 aromatic carbocycles. The molecule has 3 rings (SSSR count). The van der Waals surface area contributed by atoms with Crippen LogP contribution >= 0.6 is 0 Å². The summed E-state index contributed by atoms with van der Waals surface area (Å²) in [5.74, 6) is -2.06. The van der Waals surface area contributed by atoms with E-state index in [1.54, 1.807) is 45.9 Å². The minimum atomic E-state index is -3.66. The van der Waals surface area contributed by atoms with Gasteiger partial charge < -0.3 is 15.6 Å². The monoisotopic (exact) mass is 574 g/mol. The predicted molar refractivity (Wildman–Crippen MR) is 158 cm³/mol. The summed E-state index contributed by atoms with van der Waals surface area (Å²) >= 11 is 0. The highest BCUT2D eigenvalue weighted by atomic mass is 32.2. The fraction of sp³-hybridized carbons (Fsp3) is 0.516. The molecule has 1 aliphatic rings. The first-order valence-electron chi connectivity index (χ1n) is 13.6. The molecule has 0 bridgehead atoms. The highest BCUT2D eigenvalue weighted by Gasteiger charge is 2.45. The van der Waals surface area contributed by atoms with Crippen molar-refractivity contribution in [2.24, 2.45) is 5.92 Å². The molecule has 0 radical (unpaired) electrons. The first-order chi connectivity index (χ1) is 18.4. The SMILES string of the molecule is C/C=C/c1cc(C[C@@H]2CS(=O)(=O)C[C@H](N(Cc3cccc(C(C)(C)C)c3)C(=O)OC(C)(C)C)[C@H]2O)cc(F)c1N. The molecule has 40 heavy (non-hydrogen) atoms. The molecule has 1 heterocycles. The normalized spacial score (nSPS) is 21.4. The second-order valence-electron chi connectivity index (χ2n) is 12.7. The van der Waals surface area contributed by atoms with Gasteiger partial charge in [0.2, 0.25) is 0 Å². The highest BCUT2D eigenvalue weighted by molar-refractivity contribution is 7.91. The number of ether oxygens (including phenoxy) is 1. The Bertz CT molecular complexity index is 1360. The minimum Gasteiger partial charge on any atom is -0.444 e. The molecule has 0 saturated carbocycles. The Morgan fingerprint density at radius 1 is 1.12 bits per heavy atom. The zero-order valence-corrected chi connectivity index (χ0v) is 25.4. The first-order valence-corrected chi connectivity index (χ1v) is 15.4. The van der Waals surface area contributed by atoms with Crippen LogP contribution in [0.1, 0.15) is 70.7 Å². The topological polar surface area (TPSA) is 110 Å². The van der Waals surface area contributed by atoms with Crippen molar-refractivity contribution in [1.82, 2.24) is 4.90 Å². The van der Waals surface area contributed by atoms with Crippen LogP contribution in [0.25, 0.3) is 6.08 Å². The van der Waals surface area contributed by atoms with Gasteiger partial charge in [-0.05, 0) is 68.4 Å². The largest absolute Gasteiger partial charge is 0.444 e. The van der Waals surface area contributed by atoms with E-state index in [0.29, 0.717) is 11.1 Å². The van der Waals surface area contributed by atoms with Gasteiger partial charge in [-0.3, -0.25) is 4.90 Å². The van der Waals surface area contributed by atoms with Gasteiger partial charge in [0, 0.05) is 18.0 Å². The van der Waals surface area contributed by atoms with E-state index in [1.807, 2.05) is 24.3 Å². The van der Waals surface area contributed by atoms with Crippen LogP contribution in [0.4, 0.5) is 14.9 Å². The van der Waals surface area contributed by atoms with E-state index < -0.39 is 51.2 Å². The van der Waals surface area contributed by atoms with E-state index in [9.17, 15) is 22.7 Å². The van der Waals surface area contributed by atoms with E-state index in [2.05, 4.69) is 20.8 Å². The Balaban J connectivity index is 2.00. The number of carbonyl (C=O) groups is 1. The van der Waals surface area contributed by atoms with Gasteiger partial charge in [-0.25, -0.2) is 17.6 Å². The number of allylic oxidation sites excluding steroid dienone is 1. The van der Waals surface area contributed by atoms with Crippen LogP contribution in [0.5, 0.6) is 0 Å². The quantitative estimate of drug-likeness (QED) is 0.442. The minimum absolute atomic E-state index is 0.00475. The van der Waals surface area contributed by atoms with Gasteiger partial charge in [-0.1, -0.05) is 57.2 Å². The molecule has 3 atom stereocenters. The summed E-state index contributed by atoms with van der Waals surface area (Å²) in [4.78, 5) is 14.8. The van der Waals surface area contributed by atoms with Crippen LogP contribution in [-0.2, 0) is 33.0 Å². The number of nitrogens with two attached hydrogens (primary N) is 1. The number of amides is 1. The summed E-state index contributed by atoms with van der Waals surface area (Å²) in [6, 6.07) is 9.68. The molecular weight excluding hydrogens is 531 g/mol. The van der Waals surface area contributed by atoms with E-state index in [4.69, 9.17) is 10.5 Å². The standard InChI is InChI=1S/C31H43FN2O5S/c1-8-10-22-13-21(16-25(32)27(22)33)14-23-18-40(37,38)19-26(28(23)35)34(29(36)39-31(5,6)7)17-20-11-9-12-24(15-20)30(2,3)4/h8-13,15-16,23,26,28,35H,14,17-19,33H2,1-7H3/b10-8+/t23-,26+,28+/m1/s1. The van der Waals surface area contributed by atoms with Gasteiger partial charge in [0.15, 0.2) is 9.84 Å². The first kappa shape index (κ1) is 31.6. The molecule has 2 aromatic rings. The third kappa shape index (κ3) is 8.07. The fourth-order valence-corrected chi connectivity index (χ4v) is 7.03. The lowest BCUT2D eigenvalue weighted by molar-refractivity contribution is -0.0172. The van der Waals surface area contributed by atoms with Crippen molar-refractivity contribution in [2.75, 3.05) is 17.2 Å². The summed E-state index contributed by atoms with van der Waals surface area (Å²) in [5, 5.41) is 11.6. The number of benzene rings is 2. The van der Waals surface area contributed by atoms with Crippen molar-refractivity contribution in [1.29, 1.82) is 0 Å². The highest BCUT2D eigenvalue weighted by Crippen LogP contribution is 2.31. The number of halogens is 1. The Kier molecular flexibility index (Phi) is 9.41. The Labute approximate surface area is 238 Å². The van der Waals surface area contributed by atoms with Crippen LogP contribution in [0.15, 0.2) is 42.5 Å². The molecule has 1 saturated heterocycles. The number of hydrogen-bond donors (Lipinski definition) is 2. The maximum Gasteiger partial charge on any atom is 0.410 e. The molecule has 3 N–H and O–H groups in total. The fourth-order valence-electron chi connectivity index (χ4n) is 5.03. The zero-order chi connectivity index (χ0) is 30.0. The maximum atomic E-state index is 14.6. The number of carbonyl (C=O) groups excluding carboxylic acids is 1. The lowest BCUT2D eigenvalue weighted by Crippen LogP contribution is -2.58. The number of anilines is 1. The number of aliphatic hydroxyl groups excluding tert-OH is 1. The summed E-state index contributed by atoms with van der Waals surface area (Å²) in [6.45, 7) is 13.3. The van der Waals surface area contributed by atoms with Crippen LogP contribution in [0.3, 0.4) is 0 Å². The Hall–Kier alpha value is -2.91. The second kappa shape index (κ2) is 11.9. The number of aliphatic hydroxyl groups is 1. The van der Waals surface area contributed by atoms with Crippen molar-refractivity contribution >= 4 is 27.7 Å². The van der Waals surface area contributed by atoms with Crippen molar-refractivity contribution in [3.63, 3.8) is 0 Å². The van der Waals surface area contributed by atoms with Gasteiger partial charge >= 0.3 is 6.09 Å². The van der Waals surface area contributed by atoms with E-state index in [0.717, 1.165) is 11.1 Å². The third-order valence-corrected chi connectivity index (χ3v) is 8.80. The smallest absolute Gasteiger partial charge is 0.410 e. The number of nitrogen functional groups attached to an aromatic ring is 1. The molecule has 1 aliphatic heterocycles. The molecule has 1 amide bonds. The van der Waals surface area contributed by atoms with Crippen molar-refractivity contribution in [2.45, 2.75) is 84.6 Å². The molecule has 0 aliphatic carbocycles. The van der Waals surface area contributed by atoms with Crippen LogP contribution in [0, 0.1) is 11.7 Å². The molecule has 1 fully saturated rings. The lowest BCUT2D eigenvalue weighted by Gasteiger charge is -2.41. The van der Waals surface area contributed by atoms with Gasteiger partial charge in [0.05, 0.1) is 29.3 Å². The summed E-state index contributed by atoms with van der Waals surface area (Å²) in [7, 11) is -3.66. The number of sulfone groups is 1. The summed E-state index contributed by atoms with van der Waals surface area (Å²) in [6.07, 6.45) is 1.61. The van der Waals surface area contributed by atoms with E-state index in [1.165, 1.54) is 11.0 Å².